The van der Waals surface area contributed by atoms with Crippen LogP contribution in [0.5, 0.6) is 0 Å². The molecule has 0 spiro atoms. The monoisotopic (exact) mass is 475 g/mol. The quantitative estimate of drug-likeness (QED) is 0.716. The van der Waals surface area contributed by atoms with Gasteiger partial charge >= 0.3 is 6.18 Å². The smallest absolute Gasteiger partial charge is 0.321 e. The van der Waals surface area contributed by atoms with E-state index in [1.54, 1.807) is 18.2 Å². The van der Waals surface area contributed by atoms with E-state index in [9.17, 15) is 26.4 Å². The number of nitrogens with one attached hydrogen (secondary N) is 1. The Morgan fingerprint density at radius 2 is 1.77 bits per heavy atom. The molecule has 1 heterocycles. The maximum atomic E-state index is 12.9. The van der Waals surface area contributed by atoms with E-state index < -0.39 is 27.7 Å². The van der Waals surface area contributed by atoms with E-state index >= 15 is 0 Å². The van der Waals surface area contributed by atoms with Crippen molar-refractivity contribution < 1.29 is 26.4 Å². The largest absolute Gasteiger partial charge is 0.416 e. The lowest BCUT2D eigenvalue weighted by molar-refractivity contribution is -0.137. The number of rotatable bonds is 5. The van der Waals surface area contributed by atoms with Crippen molar-refractivity contribution in [3.63, 3.8) is 0 Å². The van der Waals surface area contributed by atoms with Crippen molar-refractivity contribution in [2.24, 2.45) is 0 Å². The first-order chi connectivity index (χ1) is 14.4. The number of nitrogens with zero attached hydrogens (tertiary/aromatic N) is 2. The molecular formula is C20H21ClF3N3O3S. The third-order valence-corrected chi connectivity index (χ3v) is 6.57. The van der Waals surface area contributed by atoms with Crippen molar-refractivity contribution in [3.05, 3.63) is 64.2 Å². The molecule has 2 aromatic rings. The summed E-state index contributed by atoms with van der Waals surface area (Å²) >= 11 is 5.95. The fourth-order valence-electron chi connectivity index (χ4n) is 3.28. The average molecular weight is 476 g/mol. The van der Waals surface area contributed by atoms with E-state index in [1.165, 1.54) is 10.6 Å². The highest BCUT2D eigenvalue weighted by atomic mass is 35.5. The molecule has 0 unspecified atom stereocenters. The number of carbonyl (C=O) groups is 1. The molecule has 11 heteroatoms. The summed E-state index contributed by atoms with van der Waals surface area (Å²) in [7, 11) is -3.21. The molecule has 1 amide bonds. The summed E-state index contributed by atoms with van der Waals surface area (Å²) in [5.41, 5.74) is 0.0781. The zero-order valence-corrected chi connectivity index (χ0v) is 18.2. The molecule has 6 nitrogen and oxygen atoms in total. The summed E-state index contributed by atoms with van der Waals surface area (Å²) in [6.45, 7) is 2.43. The molecule has 1 aliphatic heterocycles. The summed E-state index contributed by atoms with van der Waals surface area (Å²) in [4.78, 5) is 14.7. The minimum absolute atomic E-state index is 0.00116. The van der Waals surface area contributed by atoms with E-state index in [1.807, 2.05) is 6.07 Å². The lowest BCUT2D eigenvalue weighted by Gasteiger charge is -2.33. The molecule has 0 aliphatic carbocycles. The van der Waals surface area contributed by atoms with Crippen molar-refractivity contribution in [1.29, 1.82) is 0 Å². The first-order valence-electron chi connectivity index (χ1n) is 9.38. The van der Waals surface area contributed by atoms with Crippen LogP contribution in [0.15, 0.2) is 42.5 Å². The van der Waals surface area contributed by atoms with E-state index in [-0.39, 0.29) is 16.3 Å². The summed E-state index contributed by atoms with van der Waals surface area (Å²) in [5, 5.41) is 2.44. The van der Waals surface area contributed by atoms with Crippen LogP contribution >= 0.6 is 11.6 Å². The Morgan fingerprint density at radius 3 is 2.39 bits per heavy atom. The molecule has 0 radical (unpaired) electrons. The first kappa shape index (κ1) is 23.5. The number of halogens is 4. The van der Waals surface area contributed by atoms with Gasteiger partial charge in [-0.05, 0) is 35.9 Å². The lowest BCUT2D eigenvalue weighted by Crippen LogP contribution is -2.47. The Hall–Kier alpha value is -2.14. The van der Waals surface area contributed by atoms with Crippen molar-refractivity contribution in [1.82, 2.24) is 9.21 Å². The van der Waals surface area contributed by atoms with Crippen LogP contribution in [0.4, 0.5) is 18.9 Å². The molecule has 0 atom stereocenters. The number of sulfonamides is 1. The van der Waals surface area contributed by atoms with Crippen LogP contribution in [0, 0.1) is 0 Å². The minimum atomic E-state index is -4.55. The van der Waals surface area contributed by atoms with Crippen LogP contribution in [0.2, 0.25) is 5.02 Å². The van der Waals surface area contributed by atoms with Gasteiger partial charge in [0.25, 0.3) is 5.91 Å². The molecule has 2 aromatic carbocycles. The van der Waals surface area contributed by atoms with Crippen molar-refractivity contribution in [2.45, 2.75) is 12.7 Å². The number of amides is 1. The Bertz CT molecular complexity index is 1070. The zero-order chi connectivity index (χ0) is 22.8. The van der Waals surface area contributed by atoms with Crippen LogP contribution < -0.4 is 5.32 Å². The van der Waals surface area contributed by atoms with Gasteiger partial charge in [-0.3, -0.25) is 9.69 Å². The molecule has 1 aliphatic rings. The SMILES string of the molecule is CS(=O)(=O)N1CCN(Cc2cccc(C(=O)Nc3cc(C(F)(F)F)ccc3Cl)c2)CC1. The van der Waals surface area contributed by atoms with Crippen LogP contribution in [0.3, 0.4) is 0 Å². The third kappa shape index (κ3) is 6.19. The average Bonchev–Trinajstić information content (AvgIpc) is 2.68. The molecule has 1 N–H and O–H groups in total. The van der Waals surface area contributed by atoms with E-state index in [0.29, 0.717) is 32.7 Å². The van der Waals surface area contributed by atoms with Crippen molar-refractivity contribution in [2.75, 3.05) is 37.8 Å². The van der Waals surface area contributed by atoms with Gasteiger partial charge in [0, 0.05) is 38.3 Å². The Morgan fingerprint density at radius 1 is 1.10 bits per heavy atom. The Balaban J connectivity index is 1.67. The highest BCUT2D eigenvalue weighted by molar-refractivity contribution is 7.88. The predicted octanol–water partition coefficient (Wildman–Crippen LogP) is 3.69. The van der Waals surface area contributed by atoms with Crippen LogP contribution in [-0.4, -0.2) is 56.0 Å². The van der Waals surface area contributed by atoms with Gasteiger partial charge in [0.05, 0.1) is 22.5 Å². The van der Waals surface area contributed by atoms with Gasteiger partial charge < -0.3 is 5.32 Å². The number of carbonyl (C=O) groups excluding carboxylic acids is 1. The first-order valence-corrected chi connectivity index (χ1v) is 11.6. The second-order valence-electron chi connectivity index (χ2n) is 7.29. The summed E-state index contributed by atoms with van der Waals surface area (Å²) in [6, 6.07) is 9.46. The number of alkyl halides is 3. The number of anilines is 1. The Kier molecular flexibility index (Phi) is 6.95. The van der Waals surface area contributed by atoms with Gasteiger partial charge in [-0.2, -0.15) is 17.5 Å². The molecule has 168 valence electrons. The molecule has 31 heavy (non-hydrogen) atoms. The Labute approximate surface area is 183 Å². The summed E-state index contributed by atoms with van der Waals surface area (Å²) < 4.78 is 63.4. The van der Waals surface area contributed by atoms with Crippen LogP contribution in [0.1, 0.15) is 21.5 Å². The molecular weight excluding hydrogens is 455 g/mol. The molecule has 1 saturated heterocycles. The maximum absolute atomic E-state index is 12.9. The predicted molar refractivity (Wildman–Crippen MR) is 113 cm³/mol. The lowest BCUT2D eigenvalue weighted by atomic mass is 10.1. The normalized spacial score (nSPS) is 16.3. The minimum Gasteiger partial charge on any atom is -0.321 e. The van der Waals surface area contributed by atoms with Crippen LogP contribution in [0.25, 0.3) is 0 Å². The summed E-state index contributed by atoms with van der Waals surface area (Å²) in [6.07, 6.45) is -3.37. The summed E-state index contributed by atoms with van der Waals surface area (Å²) in [5.74, 6) is -0.579. The molecule has 0 saturated carbocycles. The van der Waals surface area contributed by atoms with Gasteiger partial charge in [0.2, 0.25) is 10.0 Å². The highest BCUT2D eigenvalue weighted by Gasteiger charge is 2.31. The van der Waals surface area contributed by atoms with Gasteiger partial charge in [0.1, 0.15) is 0 Å². The second kappa shape index (κ2) is 9.15. The number of hydrogen-bond donors (Lipinski definition) is 1. The van der Waals surface area contributed by atoms with E-state index in [2.05, 4.69) is 10.2 Å². The fourth-order valence-corrected chi connectivity index (χ4v) is 4.27. The van der Waals surface area contributed by atoms with Gasteiger partial charge in [0.15, 0.2) is 0 Å². The maximum Gasteiger partial charge on any atom is 0.416 e. The number of benzene rings is 2. The topological polar surface area (TPSA) is 69.7 Å². The van der Waals surface area contributed by atoms with Crippen LogP contribution in [-0.2, 0) is 22.7 Å². The number of piperazine rings is 1. The zero-order valence-electron chi connectivity index (χ0n) is 16.6. The highest BCUT2D eigenvalue weighted by Crippen LogP contribution is 2.34. The molecule has 0 aromatic heterocycles. The standard InChI is InChI=1S/C20H21ClF3N3O3S/c1-31(29,30)27-9-7-26(8-10-27)13-14-3-2-4-15(11-14)19(28)25-18-12-16(20(22,23)24)5-6-17(18)21/h2-6,11-12H,7-10,13H2,1H3,(H,25,28). The molecule has 0 bridgehead atoms. The fraction of sp³-hybridized carbons (Fsp3) is 0.350. The van der Waals surface area contributed by atoms with E-state index in [4.69, 9.17) is 11.6 Å². The number of hydrogen-bond acceptors (Lipinski definition) is 4. The molecule has 3 rings (SSSR count). The van der Waals surface area contributed by atoms with Gasteiger partial charge in [-0.15, -0.1) is 0 Å². The van der Waals surface area contributed by atoms with Gasteiger partial charge in [-0.1, -0.05) is 23.7 Å². The van der Waals surface area contributed by atoms with Crippen molar-refractivity contribution >= 4 is 33.2 Å². The van der Waals surface area contributed by atoms with E-state index in [0.717, 1.165) is 23.8 Å². The van der Waals surface area contributed by atoms with Gasteiger partial charge in [-0.25, -0.2) is 8.42 Å². The molecule has 1 fully saturated rings. The van der Waals surface area contributed by atoms with Crippen molar-refractivity contribution in [3.8, 4) is 0 Å². The second-order valence-corrected chi connectivity index (χ2v) is 9.67. The third-order valence-electron chi connectivity index (χ3n) is 4.94.